The number of benzene rings is 2. The molecule has 3 rings (SSSR count). The number of carbonyl (C=O) groups excluding carboxylic acids is 2. The highest BCUT2D eigenvalue weighted by molar-refractivity contribution is 5.96. The minimum atomic E-state index is -1.03. The van der Waals surface area contributed by atoms with E-state index in [0.29, 0.717) is 16.7 Å². The van der Waals surface area contributed by atoms with Gasteiger partial charge < -0.3 is 20.5 Å². The van der Waals surface area contributed by atoms with Gasteiger partial charge in [-0.15, -0.1) is 0 Å². The Bertz CT molecular complexity index is 1410. The van der Waals surface area contributed by atoms with Crippen molar-refractivity contribution in [1.29, 1.82) is 5.26 Å². The van der Waals surface area contributed by atoms with E-state index in [1.165, 1.54) is 37.1 Å². The van der Waals surface area contributed by atoms with E-state index in [1.807, 2.05) is 6.92 Å². The van der Waals surface area contributed by atoms with Crippen LogP contribution in [0, 0.1) is 24.1 Å². The van der Waals surface area contributed by atoms with Crippen molar-refractivity contribution in [3.8, 4) is 22.9 Å². The maximum absolute atomic E-state index is 14.2. The fraction of sp³-hybridized carbons (Fsp3) is 0.231. The number of methoxy groups -OCH3 is 2. The van der Waals surface area contributed by atoms with Crippen LogP contribution in [0.1, 0.15) is 33.9 Å². The van der Waals surface area contributed by atoms with E-state index >= 15 is 0 Å². The first kappa shape index (κ1) is 26.1. The summed E-state index contributed by atoms with van der Waals surface area (Å²) in [5, 5.41) is 12.1. The molecule has 0 fully saturated rings. The Hall–Kier alpha value is -4.49. The molecule has 3 aromatic rings. The predicted octanol–water partition coefficient (Wildman–Crippen LogP) is 3.16. The number of halogens is 1. The monoisotopic (exact) mass is 492 g/mol. The Balaban J connectivity index is 2.04. The van der Waals surface area contributed by atoms with Crippen molar-refractivity contribution in [3.05, 3.63) is 81.5 Å². The zero-order valence-electron chi connectivity index (χ0n) is 20.0. The van der Waals surface area contributed by atoms with Crippen LogP contribution in [-0.2, 0) is 9.53 Å². The van der Waals surface area contributed by atoms with Gasteiger partial charge in [0.1, 0.15) is 17.6 Å². The first-order valence-electron chi connectivity index (χ1n) is 10.9. The fourth-order valence-electron chi connectivity index (χ4n) is 3.77. The number of hydrogen-bond donors (Lipinski definition) is 2. The molecule has 0 saturated carbocycles. The molecule has 2 aromatic carbocycles. The minimum absolute atomic E-state index is 0.0833. The third-order valence-electron chi connectivity index (χ3n) is 5.59. The maximum Gasteiger partial charge on any atom is 0.252 e. The Morgan fingerprint density at radius 3 is 2.53 bits per heavy atom. The second-order valence-electron chi connectivity index (χ2n) is 8.01. The molecular weight excluding hydrogens is 467 g/mol. The first-order valence-corrected chi connectivity index (χ1v) is 10.9. The van der Waals surface area contributed by atoms with Crippen LogP contribution < -0.4 is 21.3 Å². The van der Waals surface area contributed by atoms with Crippen molar-refractivity contribution in [1.82, 2.24) is 4.57 Å². The van der Waals surface area contributed by atoms with Gasteiger partial charge >= 0.3 is 0 Å². The zero-order valence-corrected chi connectivity index (χ0v) is 20.0. The molecule has 1 atom stereocenters. The Kier molecular flexibility index (Phi) is 8.19. The molecule has 9 nitrogen and oxygen atoms in total. The summed E-state index contributed by atoms with van der Waals surface area (Å²) in [6.07, 6.45) is 1.53. The van der Waals surface area contributed by atoms with Crippen molar-refractivity contribution < 1.29 is 23.5 Å². The van der Waals surface area contributed by atoms with Crippen LogP contribution in [0.3, 0.4) is 0 Å². The molecule has 1 heterocycles. The van der Waals surface area contributed by atoms with Gasteiger partial charge in [-0.25, -0.2) is 4.39 Å². The van der Waals surface area contributed by atoms with Gasteiger partial charge in [-0.1, -0.05) is 11.6 Å². The standard InChI is InChI=1S/C26H25FN4O5/c1-15-4-5-16(13-28)19(10-15)20-12-24(32)31(14-23(20)36-3)22(8-9-35-2)26(34)30-17-6-7-18(25(29)33)21(27)11-17/h4-7,10-12,14,22H,8-9H2,1-3H3,(H2,29,33)(H,30,34). The van der Waals surface area contributed by atoms with Crippen molar-refractivity contribution in [2.24, 2.45) is 5.73 Å². The molecule has 186 valence electrons. The summed E-state index contributed by atoms with van der Waals surface area (Å²) >= 11 is 0. The summed E-state index contributed by atoms with van der Waals surface area (Å²) in [7, 11) is 2.88. The van der Waals surface area contributed by atoms with Crippen LogP contribution in [0.5, 0.6) is 5.75 Å². The number of aromatic nitrogens is 1. The number of amides is 2. The SMILES string of the molecule is COCCC(C(=O)Nc1ccc(C(N)=O)c(F)c1)n1cc(OC)c(-c2cc(C)ccc2C#N)cc1=O. The average Bonchev–Trinajstić information content (AvgIpc) is 2.84. The van der Waals surface area contributed by atoms with Gasteiger partial charge in [-0.05, 0) is 37.3 Å². The molecule has 10 heteroatoms. The van der Waals surface area contributed by atoms with E-state index in [9.17, 15) is 24.0 Å². The summed E-state index contributed by atoms with van der Waals surface area (Å²) < 4.78 is 26.0. The van der Waals surface area contributed by atoms with Crippen molar-refractivity contribution >= 4 is 17.5 Å². The van der Waals surface area contributed by atoms with E-state index in [2.05, 4.69) is 11.4 Å². The Morgan fingerprint density at radius 1 is 1.17 bits per heavy atom. The Morgan fingerprint density at radius 2 is 1.92 bits per heavy atom. The van der Waals surface area contributed by atoms with E-state index in [0.717, 1.165) is 17.7 Å². The topological polar surface area (TPSA) is 136 Å². The number of aryl methyl sites for hydroxylation is 1. The molecule has 1 aromatic heterocycles. The largest absolute Gasteiger partial charge is 0.495 e. The van der Waals surface area contributed by atoms with Crippen LogP contribution in [0.15, 0.2) is 53.5 Å². The van der Waals surface area contributed by atoms with Gasteiger partial charge in [-0.3, -0.25) is 19.0 Å². The molecule has 0 saturated heterocycles. The molecule has 3 N–H and O–H groups in total. The van der Waals surface area contributed by atoms with E-state index < -0.39 is 29.2 Å². The van der Waals surface area contributed by atoms with Crippen LogP contribution >= 0.6 is 0 Å². The van der Waals surface area contributed by atoms with Gasteiger partial charge in [0.25, 0.3) is 11.5 Å². The highest BCUT2D eigenvalue weighted by Gasteiger charge is 2.24. The second kappa shape index (κ2) is 11.3. The number of nitrogens with zero attached hydrogens (tertiary/aromatic N) is 2. The number of primary amides is 1. The number of anilines is 1. The van der Waals surface area contributed by atoms with Crippen molar-refractivity contribution in [2.75, 3.05) is 26.1 Å². The summed E-state index contributed by atoms with van der Waals surface area (Å²) in [4.78, 5) is 37.6. The lowest BCUT2D eigenvalue weighted by Gasteiger charge is -2.21. The van der Waals surface area contributed by atoms with Gasteiger partial charge in [-0.2, -0.15) is 5.26 Å². The maximum atomic E-state index is 14.2. The van der Waals surface area contributed by atoms with Crippen molar-refractivity contribution in [3.63, 3.8) is 0 Å². The highest BCUT2D eigenvalue weighted by atomic mass is 19.1. The van der Waals surface area contributed by atoms with E-state index in [1.54, 1.807) is 18.2 Å². The first-order chi connectivity index (χ1) is 17.2. The van der Waals surface area contributed by atoms with Crippen LogP contribution in [-0.4, -0.2) is 37.2 Å². The van der Waals surface area contributed by atoms with Gasteiger partial charge in [0.2, 0.25) is 5.91 Å². The van der Waals surface area contributed by atoms with Crippen LogP contribution in [0.2, 0.25) is 0 Å². The van der Waals surface area contributed by atoms with Gasteiger partial charge in [0.15, 0.2) is 0 Å². The lowest BCUT2D eigenvalue weighted by Crippen LogP contribution is -2.34. The summed E-state index contributed by atoms with van der Waals surface area (Å²) in [5.74, 6) is -2.15. The molecule has 1 unspecified atom stereocenters. The lowest BCUT2D eigenvalue weighted by molar-refractivity contribution is -0.119. The number of rotatable bonds is 9. The number of nitrogens with two attached hydrogens (primary N) is 1. The van der Waals surface area contributed by atoms with Crippen LogP contribution in [0.25, 0.3) is 11.1 Å². The van der Waals surface area contributed by atoms with Crippen LogP contribution in [0.4, 0.5) is 10.1 Å². The highest BCUT2D eigenvalue weighted by Crippen LogP contribution is 2.32. The average molecular weight is 493 g/mol. The number of pyridine rings is 1. The molecule has 0 aliphatic heterocycles. The number of nitrogens with one attached hydrogen (secondary N) is 1. The summed E-state index contributed by atoms with van der Waals surface area (Å²) in [6.45, 7) is 2.02. The van der Waals surface area contributed by atoms with E-state index in [-0.39, 0.29) is 30.0 Å². The number of hydrogen-bond acceptors (Lipinski definition) is 6. The number of carbonyl (C=O) groups is 2. The minimum Gasteiger partial charge on any atom is -0.495 e. The molecule has 2 amide bonds. The Labute approximate surface area is 206 Å². The molecule has 0 spiro atoms. The van der Waals surface area contributed by atoms with E-state index in [4.69, 9.17) is 15.2 Å². The summed E-state index contributed by atoms with van der Waals surface area (Å²) in [6, 6.07) is 11.1. The number of ether oxygens (including phenoxy) is 2. The zero-order chi connectivity index (χ0) is 26.4. The molecule has 0 radical (unpaired) electrons. The van der Waals surface area contributed by atoms with Gasteiger partial charge in [0, 0.05) is 43.0 Å². The molecule has 36 heavy (non-hydrogen) atoms. The lowest BCUT2D eigenvalue weighted by atomic mass is 9.98. The molecule has 0 bridgehead atoms. The molecular formula is C26H25FN4O5. The predicted molar refractivity (Wildman–Crippen MR) is 131 cm³/mol. The number of nitriles is 1. The quantitative estimate of drug-likeness (QED) is 0.471. The summed E-state index contributed by atoms with van der Waals surface area (Å²) in [5.41, 5.74) is 6.58. The van der Waals surface area contributed by atoms with Gasteiger partial charge in [0.05, 0.1) is 30.5 Å². The third-order valence-corrected chi connectivity index (χ3v) is 5.59. The molecule has 0 aliphatic carbocycles. The molecule has 0 aliphatic rings. The third kappa shape index (κ3) is 5.59. The smallest absolute Gasteiger partial charge is 0.252 e. The van der Waals surface area contributed by atoms with Crippen molar-refractivity contribution in [2.45, 2.75) is 19.4 Å². The fourth-order valence-corrected chi connectivity index (χ4v) is 3.77. The second-order valence-corrected chi connectivity index (χ2v) is 8.01. The normalized spacial score (nSPS) is 11.4.